The monoisotopic (exact) mass is 457 g/mol. The lowest BCUT2D eigenvalue weighted by molar-refractivity contribution is -0.139. The van der Waals surface area contributed by atoms with Crippen molar-refractivity contribution < 1.29 is 24.2 Å². The molecule has 2 aromatic rings. The fourth-order valence-electron chi connectivity index (χ4n) is 3.95. The highest BCUT2D eigenvalue weighted by Crippen LogP contribution is 2.44. The molecule has 1 atom stereocenters. The molecule has 1 aliphatic rings. The lowest BCUT2D eigenvalue weighted by Crippen LogP contribution is -2.30. The second-order valence-electron chi connectivity index (χ2n) is 7.69. The van der Waals surface area contributed by atoms with Crippen LogP contribution in [0.25, 0.3) is 5.76 Å². The number of ether oxygens (including phenoxy) is 2. The van der Waals surface area contributed by atoms with E-state index in [-0.39, 0.29) is 11.3 Å². The molecule has 0 saturated carbocycles. The molecular weight excluding hydrogens is 426 g/mol. The molecule has 1 aromatic heterocycles. The number of hydrogen-bond acceptors (Lipinski definition) is 6. The lowest BCUT2D eigenvalue weighted by Gasteiger charge is -2.25. The van der Waals surface area contributed by atoms with Crippen molar-refractivity contribution in [2.24, 2.45) is 0 Å². The molecule has 7 heteroatoms. The summed E-state index contributed by atoms with van der Waals surface area (Å²) < 4.78 is 11.3. The topological polar surface area (TPSA) is 76.1 Å². The van der Waals surface area contributed by atoms with Crippen LogP contribution in [0.1, 0.15) is 62.1 Å². The van der Waals surface area contributed by atoms with E-state index in [4.69, 9.17) is 9.47 Å². The quantitative estimate of drug-likeness (QED) is 0.222. The molecule has 0 radical (unpaired) electrons. The Bertz CT molecular complexity index is 1010. The van der Waals surface area contributed by atoms with Gasteiger partial charge in [-0.3, -0.25) is 9.59 Å². The van der Waals surface area contributed by atoms with Crippen LogP contribution in [0.2, 0.25) is 0 Å². The molecule has 6 nitrogen and oxygen atoms in total. The first-order valence-electron chi connectivity index (χ1n) is 11.2. The van der Waals surface area contributed by atoms with Crippen LogP contribution in [0.15, 0.2) is 35.2 Å². The molecule has 0 aliphatic carbocycles. The minimum Gasteiger partial charge on any atom is -0.507 e. The van der Waals surface area contributed by atoms with Gasteiger partial charge in [0.05, 0.1) is 30.4 Å². The summed E-state index contributed by atoms with van der Waals surface area (Å²) in [7, 11) is 0. The van der Waals surface area contributed by atoms with E-state index in [9.17, 15) is 14.7 Å². The van der Waals surface area contributed by atoms with Crippen LogP contribution in [0.3, 0.4) is 0 Å². The summed E-state index contributed by atoms with van der Waals surface area (Å²) in [5.74, 6) is -0.420. The summed E-state index contributed by atoms with van der Waals surface area (Å²) in [5.41, 5.74) is 1.48. The smallest absolute Gasteiger partial charge is 0.295 e. The van der Waals surface area contributed by atoms with Crippen molar-refractivity contribution >= 4 is 28.8 Å². The average molecular weight is 458 g/mol. The fourth-order valence-corrected chi connectivity index (χ4v) is 5.00. The Morgan fingerprint density at radius 1 is 1.09 bits per heavy atom. The minimum atomic E-state index is -0.659. The summed E-state index contributed by atoms with van der Waals surface area (Å²) in [5, 5.41) is 13.3. The number of unbranched alkanes of at least 4 members (excludes halogenated alkanes) is 2. The first-order valence-corrected chi connectivity index (χ1v) is 12.0. The van der Waals surface area contributed by atoms with Crippen LogP contribution in [0.5, 0.6) is 11.5 Å². The normalized spacial score (nSPS) is 17.8. The third kappa shape index (κ3) is 4.67. The van der Waals surface area contributed by atoms with Crippen molar-refractivity contribution in [3.8, 4) is 11.5 Å². The molecule has 1 aromatic carbocycles. The molecular formula is C25H31NO5S. The Morgan fingerprint density at radius 3 is 2.47 bits per heavy atom. The molecule has 1 N–H and O–H groups in total. The standard InChI is InChI=1S/C25H31NO5S/c1-5-8-9-13-26-21(24-16(4)12-14-32-24)20(23(28)25(26)29)22(27)18-11-10-17(30-6-2)15-19(18)31-7-3/h10-12,14-15,21,27H,5-9,13H2,1-4H3/b22-20+. The Kier molecular flexibility index (Phi) is 7.96. The van der Waals surface area contributed by atoms with Gasteiger partial charge in [-0.2, -0.15) is 0 Å². The maximum atomic E-state index is 13.1. The molecule has 1 saturated heterocycles. The van der Waals surface area contributed by atoms with E-state index in [1.807, 2.05) is 32.2 Å². The van der Waals surface area contributed by atoms with Crippen LogP contribution < -0.4 is 9.47 Å². The van der Waals surface area contributed by atoms with Crippen molar-refractivity contribution in [2.45, 2.75) is 53.0 Å². The zero-order valence-electron chi connectivity index (χ0n) is 19.1. The fraction of sp³-hybridized carbons (Fsp3) is 0.440. The summed E-state index contributed by atoms with van der Waals surface area (Å²) in [6, 6.07) is 6.46. The molecule has 172 valence electrons. The molecule has 1 fully saturated rings. The minimum absolute atomic E-state index is 0.113. The number of aliphatic hydroxyl groups is 1. The van der Waals surface area contributed by atoms with E-state index in [2.05, 4.69) is 6.92 Å². The van der Waals surface area contributed by atoms with Gasteiger partial charge in [-0.05, 0) is 56.3 Å². The number of carbonyl (C=O) groups is 2. The average Bonchev–Trinajstić information content (AvgIpc) is 3.30. The van der Waals surface area contributed by atoms with Gasteiger partial charge in [0.15, 0.2) is 0 Å². The van der Waals surface area contributed by atoms with Gasteiger partial charge in [-0.1, -0.05) is 19.8 Å². The Balaban J connectivity index is 2.15. The molecule has 2 heterocycles. The summed E-state index contributed by atoms with van der Waals surface area (Å²) in [6.07, 6.45) is 2.78. The number of benzene rings is 1. The number of thiophene rings is 1. The zero-order chi connectivity index (χ0) is 23.3. The van der Waals surface area contributed by atoms with Crippen LogP contribution in [0, 0.1) is 6.92 Å². The molecule has 32 heavy (non-hydrogen) atoms. The van der Waals surface area contributed by atoms with Crippen LogP contribution in [0.4, 0.5) is 0 Å². The number of rotatable bonds is 10. The van der Waals surface area contributed by atoms with Gasteiger partial charge < -0.3 is 19.5 Å². The largest absolute Gasteiger partial charge is 0.507 e. The van der Waals surface area contributed by atoms with Gasteiger partial charge in [0.1, 0.15) is 17.3 Å². The Labute approximate surface area is 193 Å². The first-order chi connectivity index (χ1) is 15.4. The first kappa shape index (κ1) is 23.9. The van der Waals surface area contributed by atoms with E-state index >= 15 is 0 Å². The Hall–Kier alpha value is -2.80. The second-order valence-corrected chi connectivity index (χ2v) is 8.64. The van der Waals surface area contributed by atoms with Gasteiger partial charge in [0, 0.05) is 17.5 Å². The highest BCUT2D eigenvalue weighted by Gasteiger charge is 2.47. The highest BCUT2D eigenvalue weighted by molar-refractivity contribution is 7.10. The predicted molar refractivity (Wildman–Crippen MR) is 126 cm³/mol. The predicted octanol–water partition coefficient (Wildman–Crippen LogP) is 5.47. The highest BCUT2D eigenvalue weighted by atomic mass is 32.1. The van der Waals surface area contributed by atoms with Gasteiger partial charge >= 0.3 is 0 Å². The third-order valence-corrected chi connectivity index (χ3v) is 6.58. The number of carbonyl (C=O) groups excluding carboxylic acids is 2. The molecule has 0 bridgehead atoms. The number of aliphatic hydroxyl groups excluding tert-OH is 1. The number of ketones is 1. The second kappa shape index (κ2) is 10.7. The molecule has 0 spiro atoms. The van der Waals surface area contributed by atoms with E-state index in [1.165, 1.54) is 11.3 Å². The maximum absolute atomic E-state index is 13.1. The zero-order valence-corrected chi connectivity index (χ0v) is 20.0. The number of hydrogen-bond donors (Lipinski definition) is 1. The summed E-state index contributed by atoms with van der Waals surface area (Å²) in [4.78, 5) is 28.6. The van der Waals surface area contributed by atoms with Gasteiger partial charge in [-0.15, -0.1) is 11.3 Å². The lowest BCUT2D eigenvalue weighted by atomic mass is 9.97. The third-order valence-electron chi connectivity index (χ3n) is 5.51. The van der Waals surface area contributed by atoms with E-state index in [0.717, 1.165) is 29.7 Å². The van der Waals surface area contributed by atoms with E-state index in [0.29, 0.717) is 36.8 Å². The van der Waals surface area contributed by atoms with Gasteiger partial charge in [0.2, 0.25) is 0 Å². The van der Waals surface area contributed by atoms with Gasteiger partial charge in [0.25, 0.3) is 11.7 Å². The van der Waals surface area contributed by atoms with Crippen molar-refractivity contribution in [2.75, 3.05) is 19.8 Å². The van der Waals surface area contributed by atoms with Crippen molar-refractivity contribution in [3.05, 3.63) is 51.2 Å². The van der Waals surface area contributed by atoms with Gasteiger partial charge in [-0.25, -0.2) is 0 Å². The van der Waals surface area contributed by atoms with Crippen molar-refractivity contribution in [3.63, 3.8) is 0 Å². The maximum Gasteiger partial charge on any atom is 0.295 e. The van der Waals surface area contributed by atoms with E-state index in [1.54, 1.807) is 23.1 Å². The number of likely N-dealkylation sites (tertiary alicyclic amines) is 1. The molecule has 1 unspecified atom stereocenters. The van der Waals surface area contributed by atoms with Crippen molar-refractivity contribution in [1.29, 1.82) is 0 Å². The van der Waals surface area contributed by atoms with Crippen LogP contribution in [-0.2, 0) is 9.59 Å². The molecule has 1 amide bonds. The number of aryl methyl sites for hydroxylation is 1. The summed E-state index contributed by atoms with van der Waals surface area (Å²) in [6.45, 7) is 9.14. The number of nitrogens with zero attached hydrogens (tertiary/aromatic N) is 1. The van der Waals surface area contributed by atoms with E-state index < -0.39 is 17.7 Å². The molecule has 1 aliphatic heterocycles. The van der Waals surface area contributed by atoms with Crippen LogP contribution >= 0.6 is 11.3 Å². The summed E-state index contributed by atoms with van der Waals surface area (Å²) >= 11 is 1.49. The Morgan fingerprint density at radius 2 is 1.84 bits per heavy atom. The molecule has 3 rings (SSSR count). The number of amides is 1. The SMILES string of the molecule is CCCCCN1C(=O)C(=O)/C(=C(/O)c2ccc(OCC)cc2OCC)C1c1sccc1C. The number of Topliss-reactive ketones (excluding diaryl/α,β-unsaturated/α-hetero) is 1. The van der Waals surface area contributed by atoms with Crippen LogP contribution in [-0.4, -0.2) is 41.5 Å². The van der Waals surface area contributed by atoms with Crippen molar-refractivity contribution in [1.82, 2.24) is 4.90 Å².